The molecule has 3 unspecified atom stereocenters. The smallest absolute Gasteiger partial charge is 0.240 e. The van der Waals surface area contributed by atoms with Gasteiger partial charge in [0.25, 0.3) is 0 Å². The molecule has 6 heteroatoms. The zero-order chi connectivity index (χ0) is 16.3. The van der Waals surface area contributed by atoms with E-state index in [2.05, 4.69) is 32.9 Å². The molecule has 1 amide bonds. The maximum Gasteiger partial charge on any atom is 0.240 e. The standard InChI is InChI=1S/C16H23BrN2O2S/c1-11-7-6-9-13(11)18-15(20)16(2,3)19-22(21)14-10-5-4-8-12(14)17/h4-5,8,10-11,13,19H,6-7,9H2,1-3H3,(H,18,20). The highest BCUT2D eigenvalue weighted by Crippen LogP contribution is 2.25. The van der Waals surface area contributed by atoms with Crippen LogP contribution in [0.3, 0.4) is 0 Å². The van der Waals surface area contributed by atoms with E-state index in [4.69, 9.17) is 0 Å². The molecule has 22 heavy (non-hydrogen) atoms. The Morgan fingerprint density at radius 2 is 2.00 bits per heavy atom. The van der Waals surface area contributed by atoms with E-state index < -0.39 is 16.5 Å². The number of hydrogen-bond acceptors (Lipinski definition) is 2. The first-order valence-electron chi connectivity index (χ1n) is 7.56. The van der Waals surface area contributed by atoms with Gasteiger partial charge in [-0.05, 0) is 60.7 Å². The van der Waals surface area contributed by atoms with Crippen LogP contribution in [0.1, 0.15) is 40.0 Å². The normalized spacial score (nSPS) is 23.3. The summed E-state index contributed by atoms with van der Waals surface area (Å²) in [5.41, 5.74) is -0.900. The van der Waals surface area contributed by atoms with Crippen molar-refractivity contribution in [2.45, 2.75) is 56.5 Å². The van der Waals surface area contributed by atoms with Gasteiger partial charge in [0, 0.05) is 10.5 Å². The minimum atomic E-state index is -1.45. The van der Waals surface area contributed by atoms with Crippen molar-refractivity contribution < 1.29 is 9.00 Å². The van der Waals surface area contributed by atoms with E-state index in [-0.39, 0.29) is 11.9 Å². The highest BCUT2D eigenvalue weighted by molar-refractivity contribution is 9.10. The van der Waals surface area contributed by atoms with Crippen molar-refractivity contribution in [2.75, 3.05) is 0 Å². The van der Waals surface area contributed by atoms with Gasteiger partial charge in [-0.15, -0.1) is 0 Å². The van der Waals surface area contributed by atoms with Gasteiger partial charge in [0.2, 0.25) is 5.91 Å². The van der Waals surface area contributed by atoms with Gasteiger partial charge in [-0.2, -0.15) is 0 Å². The summed E-state index contributed by atoms with van der Waals surface area (Å²) < 4.78 is 16.2. The van der Waals surface area contributed by atoms with E-state index in [0.717, 1.165) is 23.7 Å². The van der Waals surface area contributed by atoms with Crippen LogP contribution in [-0.4, -0.2) is 21.7 Å². The Kier molecular flexibility index (Phi) is 5.80. The van der Waals surface area contributed by atoms with Crippen molar-refractivity contribution in [3.63, 3.8) is 0 Å². The van der Waals surface area contributed by atoms with Crippen molar-refractivity contribution in [3.8, 4) is 0 Å². The van der Waals surface area contributed by atoms with Crippen LogP contribution in [0.5, 0.6) is 0 Å². The van der Waals surface area contributed by atoms with Gasteiger partial charge in [-0.3, -0.25) is 4.79 Å². The van der Waals surface area contributed by atoms with Crippen LogP contribution in [0.25, 0.3) is 0 Å². The Morgan fingerprint density at radius 1 is 1.32 bits per heavy atom. The van der Waals surface area contributed by atoms with E-state index in [9.17, 15) is 9.00 Å². The van der Waals surface area contributed by atoms with E-state index >= 15 is 0 Å². The number of rotatable bonds is 5. The van der Waals surface area contributed by atoms with Crippen LogP contribution in [-0.2, 0) is 15.8 Å². The first kappa shape index (κ1) is 17.6. The van der Waals surface area contributed by atoms with Crippen LogP contribution >= 0.6 is 15.9 Å². The number of carbonyl (C=O) groups is 1. The molecule has 0 spiro atoms. The summed E-state index contributed by atoms with van der Waals surface area (Å²) in [5, 5.41) is 3.09. The zero-order valence-corrected chi connectivity index (χ0v) is 15.6. The lowest BCUT2D eigenvalue weighted by Crippen LogP contribution is -2.55. The van der Waals surface area contributed by atoms with E-state index in [1.165, 1.54) is 0 Å². The second kappa shape index (κ2) is 7.23. The van der Waals surface area contributed by atoms with Gasteiger partial charge in [0.1, 0.15) is 16.5 Å². The van der Waals surface area contributed by atoms with E-state index in [1.54, 1.807) is 19.9 Å². The summed E-state index contributed by atoms with van der Waals surface area (Å²) in [7, 11) is -1.45. The zero-order valence-electron chi connectivity index (χ0n) is 13.2. The fourth-order valence-corrected chi connectivity index (χ4v) is 4.48. The van der Waals surface area contributed by atoms with Crippen LogP contribution in [0.4, 0.5) is 0 Å². The summed E-state index contributed by atoms with van der Waals surface area (Å²) in [5.74, 6) is 0.403. The molecular weight excluding hydrogens is 364 g/mol. The fraction of sp³-hybridized carbons (Fsp3) is 0.562. The van der Waals surface area contributed by atoms with Crippen LogP contribution in [0, 0.1) is 5.92 Å². The average Bonchev–Trinajstić information content (AvgIpc) is 2.84. The molecule has 1 saturated carbocycles. The second-order valence-corrected chi connectivity index (χ2v) is 8.45. The summed E-state index contributed by atoms with van der Waals surface area (Å²) in [6.45, 7) is 5.69. The SMILES string of the molecule is CC1CCCC1NC(=O)C(C)(C)NS(=O)c1ccccc1Br. The molecule has 0 bridgehead atoms. The third-order valence-corrected chi connectivity index (χ3v) is 6.53. The topological polar surface area (TPSA) is 58.2 Å². The molecule has 0 heterocycles. The highest BCUT2D eigenvalue weighted by Gasteiger charge is 2.34. The molecule has 0 aliphatic heterocycles. The molecule has 0 saturated heterocycles. The maximum atomic E-state index is 12.5. The number of benzene rings is 1. The van der Waals surface area contributed by atoms with E-state index in [1.807, 2.05) is 18.2 Å². The molecule has 122 valence electrons. The predicted molar refractivity (Wildman–Crippen MR) is 92.7 cm³/mol. The third kappa shape index (κ3) is 4.18. The Hall–Kier alpha value is -0.720. The summed E-state index contributed by atoms with van der Waals surface area (Å²) in [4.78, 5) is 13.1. The van der Waals surface area contributed by atoms with Gasteiger partial charge in [0.15, 0.2) is 0 Å². The molecule has 1 fully saturated rings. The quantitative estimate of drug-likeness (QED) is 0.816. The van der Waals surface area contributed by atoms with Crippen LogP contribution in [0.2, 0.25) is 0 Å². The molecule has 1 aliphatic rings. The predicted octanol–water partition coefficient (Wildman–Crippen LogP) is 3.14. The Labute approximate surface area is 143 Å². The van der Waals surface area contributed by atoms with Gasteiger partial charge in [-0.25, -0.2) is 8.93 Å². The number of amides is 1. The average molecular weight is 387 g/mol. The van der Waals surface area contributed by atoms with E-state index in [0.29, 0.717) is 10.8 Å². The summed E-state index contributed by atoms with van der Waals surface area (Å²) in [6.07, 6.45) is 3.33. The number of hydrogen-bond donors (Lipinski definition) is 2. The first-order valence-corrected chi connectivity index (χ1v) is 9.50. The molecule has 1 aliphatic carbocycles. The lowest BCUT2D eigenvalue weighted by molar-refractivity contribution is -0.126. The maximum absolute atomic E-state index is 12.5. The molecule has 3 atom stereocenters. The summed E-state index contributed by atoms with van der Waals surface area (Å²) >= 11 is 3.39. The number of halogens is 1. The number of carbonyl (C=O) groups excluding carboxylic acids is 1. The molecule has 0 aromatic heterocycles. The third-order valence-electron chi connectivity index (χ3n) is 4.13. The fourth-order valence-electron chi connectivity index (χ4n) is 2.64. The lowest BCUT2D eigenvalue weighted by atomic mass is 10.0. The largest absolute Gasteiger partial charge is 0.351 e. The van der Waals surface area contributed by atoms with Crippen molar-refractivity contribution in [3.05, 3.63) is 28.7 Å². The molecule has 2 rings (SSSR count). The Bertz CT molecular complexity index is 577. The lowest BCUT2D eigenvalue weighted by Gasteiger charge is -2.28. The van der Waals surface area contributed by atoms with Crippen molar-refractivity contribution in [1.82, 2.24) is 10.0 Å². The highest BCUT2D eigenvalue weighted by atomic mass is 79.9. The molecule has 2 N–H and O–H groups in total. The molecule has 0 radical (unpaired) electrons. The van der Waals surface area contributed by atoms with Crippen molar-refractivity contribution in [2.24, 2.45) is 5.92 Å². The molecule has 1 aromatic carbocycles. The molecular formula is C16H23BrN2O2S. The van der Waals surface area contributed by atoms with Crippen LogP contribution < -0.4 is 10.0 Å². The second-order valence-electron chi connectivity index (χ2n) is 6.41. The van der Waals surface area contributed by atoms with Gasteiger partial charge >= 0.3 is 0 Å². The minimum Gasteiger partial charge on any atom is -0.351 e. The number of nitrogens with one attached hydrogen (secondary N) is 2. The van der Waals surface area contributed by atoms with Gasteiger partial charge in [0.05, 0.1) is 4.90 Å². The van der Waals surface area contributed by atoms with Crippen molar-refractivity contribution in [1.29, 1.82) is 0 Å². The van der Waals surface area contributed by atoms with Gasteiger partial charge < -0.3 is 5.32 Å². The minimum absolute atomic E-state index is 0.105. The molecule has 4 nitrogen and oxygen atoms in total. The molecule has 1 aromatic rings. The Balaban J connectivity index is 2.02. The Morgan fingerprint density at radius 3 is 2.59 bits per heavy atom. The van der Waals surface area contributed by atoms with Gasteiger partial charge in [-0.1, -0.05) is 25.5 Å². The monoisotopic (exact) mass is 386 g/mol. The van der Waals surface area contributed by atoms with Crippen molar-refractivity contribution >= 4 is 32.8 Å². The summed E-state index contributed by atoms with van der Waals surface area (Å²) in [6, 6.07) is 7.53. The first-order chi connectivity index (χ1) is 10.3. The van der Waals surface area contributed by atoms with Crippen LogP contribution in [0.15, 0.2) is 33.6 Å².